The minimum Gasteiger partial charge on any atom is -0.241 e. The number of sulfonamides is 1. The predicted molar refractivity (Wildman–Crippen MR) is 86.4 cm³/mol. The largest absolute Gasteiger partial charge is 0.244 e. The Hall–Kier alpha value is -2.44. The Balaban J connectivity index is 1.58. The highest BCUT2D eigenvalue weighted by Gasteiger charge is 2.33. The lowest BCUT2D eigenvalue weighted by Crippen LogP contribution is -2.23. The summed E-state index contributed by atoms with van der Waals surface area (Å²) < 4.78 is 28.4. The van der Waals surface area contributed by atoms with Gasteiger partial charge in [-0.3, -0.25) is 0 Å². The van der Waals surface area contributed by atoms with E-state index in [1.165, 1.54) is 4.31 Å². The van der Waals surface area contributed by atoms with Crippen molar-refractivity contribution in [2.45, 2.75) is 18.0 Å². The Morgan fingerprint density at radius 3 is 2.48 bits per heavy atom. The third-order valence-electron chi connectivity index (χ3n) is 4.00. The SMILES string of the molecule is O=S1(=O)c2ccccc2CN1Cc1ccc(-n2cccn2)cc1. The van der Waals surface area contributed by atoms with Crippen molar-refractivity contribution in [3.05, 3.63) is 78.1 Å². The molecule has 0 saturated carbocycles. The summed E-state index contributed by atoms with van der Waals surface area (Å²) >= 11 is 0. The van der Waals surface area contributed by atoms with Crippen LogP contribution >= 0.6 is 0 Å². The van der Waals surface area contributed by atoms with Crippen molar-refractivity contribution < 1.29 is 8.42 Å². The molecule has 6 heteroatoms. The Kier molecular flexibility index (Phi) is 3.28. The van der Waals surface area contributed by atoms with Crippen LogP contribution in [0.5, 0.6) is 0 Å². The van der Waals surface area contributed by atoms with Gasteiger partial charge < -0.3 is 0 Å². The predicted octanol–water partition coefficient (Wildman–Crippen LogP) is 2.58. The van der Waals surface area contributed by atoms with Crippen molar-refractivity contribution in [1.82, 2.24) is 14.1 Å². The fourth-order valence-corrected chi connectivity index (χ4v) is 4.44. The molecule has 23 heavy (non-hydrogen) atoms. The van der Waals surface area contributed by atoms with Gasteiger partial charge in [-0.05, 0) is 35.4 Å². The van der Waals surface area contributed by atoms with Gasteiger partial charge in [0.2, 0.25) is 10.0 Å². The minimum atomic E-state index is -3.38. The molecule has 0 fully saturated rings. The highest BCUT2D eigenvalue weighted by Crippen LogP contribution is 2.31. The van der Waals surface area contributed by atoms with Crippen molar-refractivity contribution in [2.24, 2.45) is 0 Å². The molecule has 2 heterocycles. The van der Waals surface area contributed by atoms with E-state index < -0.39 is 10.0 Å². The van der Waals surface area contributed by atoms with Crippen molar-refractivity contribution in [3.8, 4) is 5.69 Å². The van der Waals surface area contributed by atoms with Gasteiger partial charge in [-0.25, -0.2) is 13.1 Å². The first kappa shape index (κ1) is 14.2. The second kappa shape index (κ2) is 5.33. The first-order valence-electron chi connectivity index (χ1n) is 7.31. The van der Waals surface area contributed by atoms with Gasteiger partial charge in [-0.2, -0.15) is 9.40 Å². The molecule has 1 aromatic heterocycles. The topological polar surface area (TPSA) is 55.2 Å². The first-order chi connectivity index (χ1) is 11.1. The third-order valence-corrected chi connectivity index (χ3v) is 5.89. The molecule has 4 rings (SSSR count). The van der Waals surface area contributed by atoms with Crippen LogP contribution in [0.4, 0.5) is 0 Å². The average Bonchev–Trinajstić information content (AvgIpc) is 3.17. The van der Waals surface area contributed by atoms with Gasteiger partial charge in [0.25, 0.3) is 0 Å². The second-order valence-corrected chi connectivity index (χ2v) is 7.40. The van der Waals surface area contributed by atoms with Gasteiger partial charge in [-0.1, -0.05) is 30.3 Å². The molecular formula is C17H15N3O2S. The van der Waals surface area contributed by atoms with Crippen molar-refractivity contribution in [1.29, 1.82) is 0 Å². The molecule has 0 saturated heterocycles. The van der Waals surface area contributed by atoms with E-state index in [-0.39, 0.29) is 0 Å². The van der Waals surface area contributed by atoms with Gasteiger partial charge in [0, 0.05) is 25.5 Å². The summed E-state index contributed by atoms with van der Waals surface area (Å²) in [5.41, 5.74) is 2.77. The first-order valence-corrected chi connectivity index (χ1v) is 8.76. The van der Waals surface area contributed by atoms with Gasteiger partial charge in [0.05, 0.1) is 10.6 Å². The van der Waals surface area contributed by atoms with E-state index in [1.807, 2.05) is 48.7 Å². The highest BCUT2D eigenvalue weighted by molar-refractivity contribution is 7.89. The minimum absolute atomic E-state index is 0.371. The Morgan fingerprint density at radius 2 is 1.78 bits per heavy atom. The zero-order chi connectivity index (χ0) is 15.9. The molecule has 3 aromatic rings. The van der Waals surface area contributed by atoms with E-state index in [0.717, 1.165) is 16.8 Å². The fourth-order valence-electron chi connectivity index (χ4n) is 2.82. The summed E-state index contributed by atoms with van der Waals surface area (Å²) in [7, 11) is -3.38. The molecular weight excluding hydrogens is 310 g/mol. The van der Waals surface area contributed by atoms with Crippen molar-refractivity contribution >= 4 is 10.0 Å². The summed E-state index contributed by atoms with van der Waals surface area (Å²) in [6.45, 7) is 0.801. The molecule has 116 valence electrons. The van der Waals surface area contributed by atoms with Crippen LogP contribution in [-0.2, 0) is 23.1 Å². The standard InChI is InChI=1S/C17H15N3O2S/c21-23(22)17-5-2-1-4-15(17)13-19(23)12-14-6-8-16(9-7-14)20-11-3-10-18-20/h1-11H,12-13H2. The van der Waals surface area contributed by atoms with E-state index in [0.29, 0.717) is 18.0 Å². The van der Waals surface area contributed by atoms with E-state index >= 15 is 0 Å². The normalized spacial score (nSPS) is 16.3. The molecule has 0 amide bonds. The number of nitrogens with zero attached hydrogens (tertiary/aromatic N) is 3. The lowest BCUT2D eigenvalue weighted by atomic mass is 10.2. The summed E-state index contributed by atoms with van der Waals surface area (Å²) in [4.78, 5) is 0.424. The smallest absolute Gasteiger partial charge is 0.241 e. The van der Waals surface area contributed by atoms with Crippen molar-refractivity contribution in [3.63, 3.8) is 0 Å². The Bertz CT molecular complexity index is 932. The lowest BCUT2D eigenvalue weighted by Gasteiger charge is -2.14. The van der Waals surface area contributed by atoms with Crippen LogP contribution in [-0.4, -0.2) is 22.5 Å². The summed E-state index contributed by atoms with van der Waals surface area (Å²) in [5, 5.41) is 4.18. The second-order valence-electron chi connectivity index (χ2n) is 5.50. The van der Waals surface area contributed by atoms with Crippen LogP contribution in [0, 0.1) is 0 Å². The highest BCUT2D eigenvalue weighted by atomic mass is 32.2. The maximum Gasteiger partial charge on any atom is 0.244 e. The van der Waals surface area contributed by atoms with Crippen LogP contribution < -0.4 is 0 Å². The molecule has 1 aliphatic rings. The van der Waals surface area contributed by atoms with Crippen LogP contribution in [0.25, 0.3) is 5.69 Å². The number of hydrogen-bond donors (Lipinski definition) is 0. The Labute approximate surface area is 134 Å². The van der Waals surface area contributed by atoms with Crippen LogP contribution in [0.2, 0.25) is 0 Å². The molecule has 0 atom stereocenters. The van der Waals surface area contributed by atoms with Crippen molar-refractivity contribution in [2.75, 3.05) is 0 Å². The van der Waals surface area contributed by atoms with Crippen LogP contribution in [0.3, 0.4) is 0 Å². The molecule has 0 spiro atoms. The van der Waals surface area contributed by atoms with E-state index in [4.69, 9.17) is 0 Å². The summed E-state index contributed by atoms with van der Waals surface area (Å²) in [6.07, 6.45) is 3.60. The van der Waals surface area contributed by atoms with Gasteiger partial charge in [0.15, 0.2) is 0 Å². The molecule has 1 aliphatic heterocycles. The monoisotopic (exact) mass is 325 g/mol. The van der Waals surface area contributed by atoms with Gasteiger partial charge in [0.1, 0.15) is 0 Å². The third kappa shape index (κ3) is 2.46. The average molecular weight is 325 g/mol. The summed E-state index contributed by atoms with van der Waals surface area (Å²) in [6, 6.07) is 16.8. The molecule has 0 unspecified atom stereocenters. The molecule has 5 nitrogen and oxygen atoms in total. The molecule has 0 aliphatic carbocycles. The lowest BCUT2D eigenvalue weighted by molar-refractivity contribution is 0.420. The zero-order valence-electron chi connectivity index (χ0n) is 12.3. The maximum absolute atomic E-state index is 12.6. The number of aromatic nitrogens is 2. The van der Waals surface area contributed by atoms with Crippen LogP contribution in [0.1, 0.15) is 11.1 Å². The molecule has 0 bridgehead atoms. The van der Waals surface area contributed by atoms with E-state index in [1.54, 1.807) is 23.0 Å². The van der Waals surface area contributed by atoms with E-state index in [2.05, 4.69) is 5.10 Å². The van der Waals surface area contributed by atoms with Gasteiger partial charge in [-0.15, -0.1) is 0 Å². The quantitative estimate of drug-likeness (QED) is 0.744. The number of benzene rings is 2. The molecule has 2 aromatic carbocycles. The van der Waals surface area contributed by atoms with Crippen LogP contribution in [0.15, 0.2) is 71.9 Å². The summed E-state index contributed by atoms with van der Waals surface area (Å²) in [5.74, 6) is 0. The Morgan fingerprint density at radius 1 is 1.00 bits per heavy atom. The molecule has 0 radical (unpaired) electrons. The fraction of sp³-hybridized carbons (Fsp3) is 0.118. The zero-order valence-corrected chi connectivity index (χ0v) is 13.1. The maximum atomic E-state index is 12.6. The van der Waals surface area contributed by atoms with E-state index in [9.17, 15) is 8.42 Å². The number of hydrogen-bond acceptors (Lipinski definition) is 3. The molecule has 0 N–H and O–H groups in total. The van der Waals surface area contributed by atoms with Gasteiger partial charge >= 0.3 is 0 Å². The number of rotatable bonds is 3. The number of fused-ring (bicyclic) bond motifs is 1.